The molecule has 2 aromatic heterocycles. The molecular weight excluding hydrogens is 206 g/mol. The number of aryl methyl sites for hydroxylation is 1. The zero-order chi connectivity index (χ0) is 10.7. The lowest BCUT2D eigenvalue weighted by Gasteiger charge is -2.03. The molecular formula is C11H15N3S. The first-order valence-electron chi connectivity index (χ1n) is 5.01. The molecule has 0 radical (unpaired) electrons. The van der Waals surface area contributed by atoms with E-state index in [0.717, 1.165) is 13.0 Å². The molecule has 0 fully saturated rings. The molecule has 0 aliphatic rings. The van der Waals surface area contributed by atoms with Crippen LogP contribution < -0.4 is 5.32 Å². The maximum atomic E-state index is 4.44. The Hall–Kier alpha value is -1.13. The lowest BCUT2D eigenvalue weighted by atomic mass is 10.2. The van der Waals surface area contributed by atoms with E-state index < -0.39 is 0 Å². The van der Waals surface area contributed by atoms with E-state index in [-0.39, 0.29) is 0 Å². The molecule has 80 valence electrons. The van der Waals surface area contributed by atoms with Gasteiger partial charge in [0.15, 0.2) is 0 Å². The molecule has 0 aromatic carbocycles. The average molecular weight is 221 g/mol. The first kappa shape index (κ1) is 10.4. The topological polar surface area (TPSA) is 29.9 Å². The fraction of sp³-hybridized carbons (Fsp3) is 0.364. The van der Waals surface area contributed by atoms with Gasteiger partial charge in [0.2, 0.25) is 0 Å². The summed E-state index contributed by atoms with van der Waals surface area (Å²) in [5.41, 5.74) is 2.43. The summed E-state index contributed by atoms with van der Waals surface area (Å²) in [6.45, 7) is 0.968. The third-order valence-corrected chi connectivity index (χ3v) is 3.26. The second-order valence-electron chi connectivity index (χ2n) is 3.48. The van der Waals surface area contributed by atoms with E-state index >= 15 is 0 Å². The molecule has 0 aliphatic heterocycles. The van der Waals surface area contributed by atoms with E-state index in [2.05, 4.69) is 32.4 Å². The molecule has 0 unspecified atom stereocenters. The highest BCUT2D eigenvalue weighted by molar-refractivity contribution is 7.13. The molecule has 0 spiro atoms. The van der Waals surface area contributed by atoms with Crippen LogP contribution in [0.1, 0.15) is 5.69 Å². The fourth-order valence-corrected chi connectivity index (χ4v) is 2.47. The van der Waals surface area contributed by atoms with E-state index in [4.69, 9.17) is 0 Å². The molecule has 1 N–H and O–H groups in total. The number of imidazole rings is 1. The molecule has 0 atom stereocenters. The Labute approximate surface area is 93.8 Å². The van der Waals surface area contributed by atoms with Crippen molar-refractivity contribution in [3.63, 3.8) is 0 Å². The molecule has 0 amide bonds. The van der Waals surface area contributed by atoms with Crippen LogP contribution >= 0.6 is 11.3 Å². The molecule has 2 rings (SSSR count). The number of thiophene rings is 1. The average Bonchev–Trinajstić information content (AvgIpc) is 2.84. The highest BCUT2D eigenvalue weighted by atomic mass is 32.1. The highest BCUT2D eigenvalue weighted by Gasteiger charge is 2.10. The van der Waals surface area contributed by atoms with Crippen LogP contribution in [0.5, 0.6) is 0 Å². The summed E-state index contributed by atoms with van der Waals surface area (Å²) < 4.78 is 2.09. The van der Waals surface area contributed by atoms with Gasteiger partial charge in [0.05, 0.1) is 22.6 Å². The minimum absolute atomic E-state index is 0.968. The van der Waals surface area contributed by atoms with E-state index in [9.17, 15) is 0 Å². The summed E-state index contributed by atoms with van der Waals surface area (Å²) >= 11 is 1.76. The number of nitrogens with zero attached hydrogens (tertiary/aromatic N) is 2. The Bertz CT molecular complexity index is 417. The molecule has 0 aliphatic carbocycles. The summed E-state index contributed by atoms with van der Waals surface area (Å²) in [6.07, 6.45) is 2.87. The van der Waals surface area contributed by atoms with Crippen LogP contribution in [0.3, 0.4) is 0 Å². The Kier molecular flexibility index (Phi) is 3.18. The van der Waals surface area contributed by atoms with Crippen LogP contribution in [0.25, 0.3) is 10.6 Å². The van der Waals surface area contributed by atoms with Crippen molar-refractivity contribution in [3.05, 3.63) is 29.5 Å². The first-order chi connectivity index (χ1) is 7.33. The van der Waals surface area contributed by atoms with E-state index in [1.165, 1.54) is 16.3 Å². The van der Waals surface area contributed by atoms with Gasteiger partial charge in [-0.05, 0) is 18.5 Å². The van der Waals surface area contributed by atoms with E-state index in [1.807, 2.05) is 20.4 Å². The predicted molar refractivity (Wildman–Crippen MR) is 64.2 cm³/mol. The Morgan fingerprint density at radius 3 is 3.07 bits per heavy atom. The molecule has 15 heavy (non-hydrogen) atoms. The van der Waals surface area contributed by atoms with Gasteiger partial charge in [0.25, 0.3) is 0 Å². The van der Waals surface area contributed by atoms with Crippen LogP contribution in [0.4, 0.5) is 0 Å². The van der Waals surface area contributed by atoms with Gasteiger partial charge >= 0.3 is 0 Å². The number of nitrogens with one attached hydrogen (secondary N) is 1. The second kappa shape index (κ2) is 4.59. The van der Waals surface area contributed by atoms with Crippen molar-refractivity contribution < 1.29 is 0 Å². The SMILES string of the molecule is CNCCc1ncn(C)c1-c1cccs1. The minimum Gasteiger partial charge on any atom is -0.333 e. The van der Waals surface area contributed by atoms with Crippen LogP contribution in [0.2, 0.25) is 0 Å². The highest BCUT2D eigenvalue weighted by Crippen LogP contribution is 2.27. The van der Waals surface area contributed by atoms with Crippen LogP contribution in [0.15, 0.2) is 23.8 Å². The molecule has 2 heterocycles. The van der Waals surface area contributed by atoms with Gasteiger partial charge in [0, 0.05) is 20.0 Å². The molecule has 2 aromatic rings. The molecule has 4 heteroatoms. The van der Waals surface area contributed by atoms with Gasteiger partial charge in [-0.2, -0.15) is 0 Å². The predicted octanol–water partition coefficient (Wildman–Crippen LogP) is 1.91. The zero-order valence-corrected chi connectivity index (χ0v) is 9.84. The fourth-order valence-electron chi connectivity index (χ4n) is 1.63. The lowest BCUT2D eigenvalue weighted by molar-refractivity contribution is 0.780. The first-order valence-corrected chi connectivity index (χ1v) is 5.89. The largest absolute Gasteiger partial charge is 0.333 e. The van der Waals surface area contributed by atoms with Crippen LogP contribution in [-0.2, 0) is 13.5 Å². The third-order valence-electron chi connectivity index (χ3n) is 2.38. The Morgan fingerprint density at radius 2 is 2.40 bits per heavy atom. The van der Waals surface area contributed by atoms with E-state index in [1.54, 1.807) is 11.3 Å². The molecule has 0 saturated heterocycles. The number of hydrogen-bond donors (Lipinski definition) is 1. The molecule has 3 nitrogen and oxygen atoms in total. The van der Waals surface area contributed by atoms with Crippen molar-refractivity contribution in [1.29, 1.82) is 0 Å². The standard InChI is InChI=1S/C11H15N3S/c1-12-6-5-9-11(14(2)8-13-9)10-4-3-7-15-10/h3-4,7-8,12H,5-6H2,1-2H3. The van der Waals surface area contributed by atoms with E-state index in [0.29, 0.717) is 0 Å². The van der Waals surface area contributed by atoms with Crippen molar-refractivity contribution in [2.24, 2.45) is 7.05 Å². The Balaban J connectivity index is 2.32. The summed E-state index contributed by atoms with van der Waals surface area (Å²) in [5, 5.41) is 5.25. The normalized spacial score (nSPS) is 10.8. The van der Waals surface area contributed by atoms with Gasteiger partial charge in [-0.1, -0.05) is 6.07 Å². The summed E-state index contributed by atoms with van der Waals surface area (Å²) in [6, 6.07) is 4.22. The van der Waals surface area contributed by atoms with Crippen LogP contribution in [-0.4, -0.2) is 23.1 Å². The number of hydrogen-bond acceptors (Lipinski definition) is 3. The quantitative estimate of drug-likeness (QED) is 0.854. The third kappa shape index (κ3) is 2.11. The van der Waals surface area contributed by atoms with Gasteiger partial charge in [-0.3, -0.25) is 0 Å². The van der Waals surface area contributed by atoms with Crippen molar-refractivity contribution >= 4 is 11.3 Å². The summed E-state index contributed by atoms with van der Waals surface area (Å²) in [7, 11) is 4.01. The lowest BCUT2D eigenvalue weighted by Crippen LogP contribution is -2.11. The zero-order valence-electron chi connectivity index (χ0n) is 9.03. The van der Waals surface area contributed by atoms with Gasteiger partial charge in [0.1, 0.15) is 0 Å². The van der Waals surface area contributed by atoms with Crippen molar-refractivity contribution in [3.8, 4) is 10.6 Å². The van der Waals surface area contributed by atoms with Gasteiger partial charge < -0.3 is 9.88 Å². The monoisotopic (exact) mass is 221 g/mol. The van der Waals surface area contributed by atoms with Crippen molar-refractivity contribution in [1.82, 2.24) is 14.9 Å². The van der Waals surface area contributed by atoms with Crippen LogP contribution in [0, 0.1) is 0 Å². The maximum Gasteiger partial charge on any atom is 0.0951 e. The number of aromatic nitrogens is 2. The molecule has 0 saturated carbocycles. The smallest absolute Gasteiger partial charge is 0.0951 e. The van der Waals surface area contributed by atoms with Crippen molar-refractivity contribution in [2.75, 3.05) is 13.6 Å². The maximum absolute atomic E-state index is 4.44. The second-order valence-corrected chi connectivity index (χ2v) is 4.43. The van der Waals surface area contributed by atoms with Crippen molar-refractivity contribution in [2.45, 2.75) is 6.42 Å². The Morgan fingerprint density at radius 1 is 1.53 bits per heavy atom. The molecule has 0 bridgehead atoms. The summed E-state index contributed by atoms with van der Waals surface area (Å²) in [5.74, 6) is 0. The number of rotatable bonds is 4. The number of likely N-dealkylation sites (N-methyl/N-ethyl adjacent to an activating group) is 1. The van der Waals surface area contributed by atoms with Gasteiger partial charge in [-0.25, -0.2) is 4.98 Å². The summed E-state index contributed by atoms with van der Waals surface area (Å²) in [4.78, 5) is 5.73. The van der Waals surface area contributed by atoms with Gasteiger partial charge in [-0.15, -0.1) is 11.3 Å². The minimum atomic E-state index is 0.968.